The molecule has 7 aromatic carbocycles. The van der Waals surface area contributed by atoms with E-state index in [1.807, 2.05) is 42.5 Å². The van der Waals surface area contributed by atoms with E-state index in [0.29, 0.717) is 17.7 Å². The maximum atomic E-state index is 9.65. The smallest absolute Gasteiger partial charge is 0.161 e. The molecule has 2 saturated carbocycles. The normalized spacial score (nSPS) is 19.0. The van der Waals surface area contributed by atoms with Crippen LogP contribution in [0.2, 0.25) is 0 Å². The lowest BCUT2D eigenvalue weighted by atomic mass is 9.62. The van der Waals surface area contributed by atoms with Crippen LogP contribution >= 0.6 is 0 Å². The van der Waals surface area contributed by atoms with Gasteiger partial charge in [0.05, 0.1) is 23.0 Å². The van der Waals surface area contributed by atoms with Gasteiger partial charge in [-0.3, -0.25) is 0 Å². The van der Waals surface area contributed by atoms with Gasteiger partial charge in [0.2, 0.25) is 0 Å². The lowest BCUT2D eigenvalue weighted by molar-refractivity contribution is 0.151. The highest BCUT2D eigenvalue weighted by atomic mass is 16.3. The number of rotatable bonds is 6. The fourth-order valence-corrected chi connectivity index (χ4v) is 10.3. The monoisotopic (exact) mass is 747 g/mol. The molecule has 2 fully saturated rings. The maximum Gasteiger partial charge on any atom is 0.161 e. The lowest BCUT2D eigenvalue weighted by Gasteiger charge is -2.43. The summed E-state index contributed by atoms with van der Waals surface area (Å²) in [5.41, 5.74) is 12.7. The van der Waals surface area contributed by atoms with Crippen molar-refractivity contribution in [3.63, 3.8) is 0 Å². The number of fused-ring (bicyclic) bond motifs is 6. The van der Waals surface area contributed by atoms with Crippen LogP contribution in [-0.2, 0) is 0 Å². The summed E-state index contributed by atoms with van der Waals surface area (Å²) >= 11 is 0. The molecule has 0 radical (unpaired) electrons. The summed E-state index contributed by atoms with van der Waals surface area (Å²) in [5.74, 6) is 3.37. The molecular formula is C54H41N3O. The van der Waals surface area contributed by atoms with Crippen LogP contribution in [-0.4, -0.2) is 9.97 Å². The fourth-order valence-electron chi connectivity index (χ4n) is 10.3. The maximum absolute atomic E-state index is 9.65. The predicted molar refractivity (Wildman–Crippen MR) is 235 cm³/mol. The van der Waals surface area contributed by atoms with Gasteiger partial charge in [0.1, 0.15) is 11.2 Å². The van der Waals surface area contributed by atoms with E-state index < -0.39 is 0 Å². The van der Waals surface area contributed by atoms with Gasteiger partial charge >= 0.3 is 0 Å². The molecule has 0 saturated heterocycles. The molecule has 2 aliphatic carbocycles. The van der Waals surface area contributed by atoms with Gasteiger partial charge in [-0.25, -0.2) is 9.97 Å². The van der Waals surface area contributed by atoms with E-state index in [1.165, 1.54) is 54.4 Å². The Morgan fingerprint density at radius 1 is 0.466 bits per heavy atom. The Balaban J connectivity index is 0.844. The molecule has 278 valence electrons. The van der Waals surface area contributed by atoms with Gasteiger partial charge in [0, 0.05) is 32.8 Å². The summed E-state index contributed by atoms with van der Waals surface area (Å²) in [7, 11) is 0. The van der Waals surface area contributed by atoms with Crippen LogP contribution in [0.1, 0.15) is 60.6 Å². The summed E-state index contributed by atoms with van der Waals surface area (Å²) in [6.07, 6.45) is 6.37. The molecule has 2 aromatic heterocycles. The minimum absolute atomic E-state index is 0.582. The molecule has 4 nitrogen and oxygen atoms in total. The van der Waals surface area contributed by atoms with Crippen molar-refractivity contribution in [3.05, 3.63) is 180 Å². The van der Waals surface area contributed by atoms with E-state index in [9.17, 15) is 5.26 Å². The van der Waals surface area contributed by atoms with Crippen molar-refractivity contribution in [1.82, 2.24) is 9.97 Å². The van der Waals surface area contributed by atoms with E-state index in [0.717, 1.165) is 78.2 Å². The zero-order chi connectivity index (χ0) is 38.6. The van der Waals surface area contributed by atoms with Crippen LogP contribution in [0.4, 0.5) is 0 Å². The third kappa shape index (κ3) is 6.15. The van der Waals surface area contributed by atoms with Crippen LogP contribution in [0.5, 0.6) is 0 Å². The van der Waals surface area contributed by atoms with Crippen LogP contribution in [0.3, 0.4) is 0 Å². The minimum atomic E-state index is 0.582. The molecule has 2 atom stereocenters. The van der Waals surface area contributed by atoms with E-state index in [1.54, 1.807) is 0 Å². The van der Waals surface area contributed by atoms with Crippen molar-refractivity contribution in [2.24, 2.45) is 11.8 Å². The zero-order valence-electron chi connectivity index (χ0n) is 32.2. The highest BCUT2D eigenvalue weighted by Gasteiger charge is 2.37. The number of hydrogen-bond acceptors (Lipinski definition) is 4. The first-order chi connectivity index (χ1) is 28.6. The van der Waals surface area contributed by atoms with E-state index >= 15 is 0 Å². The molecule has 0 N–H and O–H groups in total. The van der Waals surface area contributed by atoms with E-state index in [2.05, 4.69) is 127 Å². The Bertz CT molecular complexity index is 3000. The predicted octanol–water partition coefficient (Wildman–Crippen LogP) is 14.1. The average Bonchev–Trinajstić information content (AvgIpc) is 3.68. The van der Waals surface area contributed by atoms with Crippen molar-refractivity contribution in [2.75, 3.05) is 0 Å². The third-order valence-electron chi connectivity index (χ3n) is 13.0. The second kappa shape index (κ2) is 14.3. The molecule has 11 rings (SSSR count). The Morgan fingerprint density at radius 3 is 1.72 bits per heavy atom. The molecule has 9 aromatic rings. The molecule has 2 bridgehead atoms. The molecule has 2 heterocycles. The van der Waals surface area contributed by atoms with Crippen LogP contribution in [0, 0.1) is 23.2 Å². The number of furan rings is 1. The summed E-state index contributed by atoms with van der Waals surface area (Å²) in [4.78, 5) is 10.4. The largest absolute Gasteiger partial charge is 0.456 e. The van der Waals surface area contributed by atoms with Gasteiger partial charge in [0.25, 0.3) is 0 Å². The Morgan fingerprint density at radius 2 is 1.02 bits per heavy atom. The van der Waals surface area contributed by atoms with Crippen LogP contribution < -0.4 is 0 Å². The minimum Gasteiger partial charge on any atom is -0.456 e. The van der Waals surface area contributed by atoms with Gasteiger partial charge in [0.15, 0.2) is 5.82 Å². The molecule has 0 spiro atoms. The van der Waals surface area contributed by atoms with Crippen molar-refractivity contribution in [3.8, 4) is 51.1 Å². The Kier molecular flexibility index (Phi) is 8.47. The second-order valence-electron chi connectivity index (χ2n) is 16.5. The summed E-state index contributed by atoms with van der Waals surface area (Å²) in [5, 5.41) is 13.9. The number of nitrogens with zero attached hydrogens (tertiary/aromatic N) is 3. The number of aromatic nitrogens is 2. The van der Waals surface area contributed by atoms with Crippen molar-refractivity contribution < 1.29 is 4.42 Å². The topological polar surface area (TPSA) is 62.7 Å². The summed E-state index contributed by atoms with van der Waals surface area (Å²) in [6.45, 7) is 0. The standard InChI is InChI=1S/C54H41N3O/c55-33-41-11-6-15-46-44(13-7-14-45(41)46)38-23-19-36(20-24-38)42-28-34-27-35(29-42)31-43(30-34)37-21-25-40(26-22-37)50-32-49(39-9-2-1-3-10-39)56-54(57-50)48-16-8-18-52-53(48)47-12-4-5-17-51(47)58-52/h1-26,32,34-35,42-43H,27-31H2. The first-order valence-electron chi connectivity index (χ1n) is 20.6. The summed E-state index contributed by atoms with van der Waals surface area (Å²) < 4.78 is 6.24. The van der Waals surface area contributed by atoms with E-state index in [4.69, 9.17) is 14.4 Å². The molecule has 2 unspecified atom stereocenters. The number of nitriles is 1. The van der Waals surface area contributed by atoms with Gasteiger partial charge in [-0.15, -0.1) is 0 Å². The Hall–Kier alpha value is -6.83. The number of benzene rings is 7. The molecule has 58 heavy (non-hydrogen) atoms. The SMILES string of the molecule is N#Cc1cccc2c(-c3ccc(C4CC5CC(CC(c6ccc(-c7cc(-c8ccccc8)nc(-c8cccc9oc%10ccccc%10c89)n7)cc6)C5)C4)cc3)cccc12. The first-order valence-corrected chi connectivity index (χ1v) is 20.6. The van der Waals surface area contributed by atoms with E-state index in [-0.39, 0.29) is 0 Å². The highest BCUT2D eigenvalue weighted by molar-refractivity contribution is 6.11. The van der Waals surface area contributed by atoms with Gasteiger partial charge in [-0.05, 0) is 108 Å². The van der Waals surface area contributed by atoms with Crippen LogP contribution in [0.15, 0.2) is 168 Å². The van der Waals surface area contributed by atoms with Gasteiger partial charge in [-0.1, -0.05) is 140 Å². The van der Waals surface area contributed by atoms with Crippen molar-refractivity contribution in [2.45, 2.75) is 43.9 Å². The van der Waals surface area contributed by atoms with Gasteiger partial charge in [-0.2, -0.15) is 5.26 Å². The Labute approximate surface area is 338 Å². The molecule has 2 aliphatic rings. The lowest BCUT2D eigenvalue weighted by Crippen LogP contribution is -2.29. The van der Waals surface area contributed by atoms with Crippen molar-refractivity contribution in [1.29, 1.82) is 5.26 Å². The second-order valence-corrected chi connectivity index (χ2v) is 16.5. The number of para-hydroxylation sites is 1. The van der Waals surface area contributed by atoms with Crippen LogP contribution in [0.25, 0.3) is 77.7 Å². The third-order valence-corrected chi connectivity index (χ3v) is 13.0. The molecule has 0 aliphatic heterocycles. The number of hydrogen-bond donors (Lipinski definition) is 0. The zero-order valence-corrected chi connectivity index (χ0v) is 32.2. The molecule has 4 heteroatoms. The highest BCUT2D eigenvalue weighted by Crippen LogP contribution is 2.51. The first kappa shape index (κ1) is 34.4. The average molecular weight is 748 g/mol. The van der Waals surface area contributed by atoms with Crippen molar-refractivity contribution >= 4 is 32.7 Å². The fraction of sp³-hybridized carbons (Fsp3) is 0.167. The molecule has 0 amide bonds. The summed E-state index contributed by atoms with van der Waals surface area (Å²) in [6, 6.07) is 60.2. The quantitative estimate of drug-likeness (QED) is 0.170. The molecular weight excluding hydrogens is 707 g/mol. The van der Waals surface area contributed by atoms with Gasteiger partial charge < -0.3 is 4.42 Å².